The van der Waals surface area contributed by atoms with Crippen LogP contribution in [0.4, 0.5) is 0 Å². The van der Waals surface area contributed by atoms with E-state index in [0.717, 1.165) is 28.0 Å². The highest BCUT2D eigenvalue weighted by Crippen LogP contribution is 2.28. The average Bonchev–Trinajstić information content (AvgIpc) is 3.31. The molecule has 0 fully saturated rings. The second-order valence-electron chi connectivity index (χ2n) is 7.20. The topological polar surface area (TPSA) is 68.7 Å². The van der Waals surface area contributed by atoms with Gasteiger partial charge in [0.1, 0.15) is 34.6 Å². The number of nitrogens with zero attached hydrogens (tertiary/aromatic N) is 1. The number of benzene rings is 3. The van der Waals surface area contributed by atoms with Gasteiger partial charge in [0.05, 0.1) is 6.20 Å². The van der Waals surface area contributed by atoms with E-state index >= 15 is 0 Å². The number of rotatable bonds is 9. The Hall–Kier alpha value is -3.32. The predicted molar refractivity (Wildman–Crippen MR) is 136 cm³/mol. The third-order valence-corrected chi connectivity index (χ3v) is 6.45. The van der Waals surface area contributed by atoms with Gasteiger partial charge in [0.25, 0.3) is 0 Å². The van der Waals surface area contributed by atoms with Crippen molar-refractivity contribution in [1.82, 2.24) is 4.98 Å². The first kappa shape index (κ1) is 23.8. The minimum Gasteiger partial charge on any atom is -0.489 e. The van der Waals surface area contributed by atoms with Crippen LogP contribution in [0.2, 0.25) is 10.0 Å². The molecule has 5 nitrogen and oxygen atoms in total. The number of aromatic carboxylic acids is 1. The van der Waals surface area contributed by atoms with E-state index in [0.29, 0.717) is 39.8 Å². The van der Waals surface area contributed by atoms with E-state index in [2.05, 4.69) is 4.98 Å². The smallest absolute Gasteiger partial charge is 0.347 e. The van der Waals surface area contributed by atoms with Crippen molar-refractivity contribution in [2.75, 3.05) is 0 Å². The van der Waals surface area contributed by atoms with Crippen LogP contribution in [-0.2, 0) is 13.2 Å². The molecule has 172 valence electrons. The lowest BCUT2D eigenvalue weighted by molar-refractivity contribution is 0.0702. The summed E-state index contributed by atoms with van der Waals surface area (Å²) in [6.45, 7) is 0.594. The van der Waals surface area contributed by atoms with Gasteiger partial charge in [-0.15, -0.1) is 11.3 Å². The molecule has 0 aliphatic rings. The molecular formula is C26H19Cl2NO4S. The van der Waals surface area contributed by atoms with E-state index in [1.165, 1.54) is 6.20 Å². The minimum atomic E-state index is -0.998. The van der Waals surface area contributed by atoms with Gasteiger partial charge in [-0.3, -0.25) is 0 Å². The Balaban J connectivity index is 1.56. The van der Waals surface area contributed by atoms with Crippen molar-refractivity contribution in [2.45, 2.75) is 13.2 Å². The molecule has 8 heteroatoms. The molecular weight excluding hydrogens is 493 g/mol. The van der Waals surface area contributed by atoms with Crippen LogP contribution in [0.1, 0.15) is 31.4 Å². The molecule has 1 heterocycles. The van der Waals surface area contributed by atoms with Crippen LogP contribution in [0.15, 0.2) is 72.9 Å². The summed E-state index contributed by atoms with van der Waals surface area (Å²) in [6.07, 6.45) is 4.92. The third-order valence-electron chi connectivity index (χ3n) is 4.76. The van der Waals surface area contributed by atoms with Gasteiger partial charge in [0, 0.05) is 27.2 Å². The molecule has 0 aliphatic carbocycles. The molecule has 0 bridgehead atoms. The monoisotopic (exact) mass is 511 g/mol. The van der Waals surface area contributed by atoms with E-state index in [1.54, 1.807) is 12.1 Å². The molecule has 0 saturated heterocycles. The van der Waals surface area contributed by atoms with E-state index in [1.807, 2.05) is 66.7 Å². The fourth-order valence-electron chi connectivity index (χ4n) is 3.04. The summed E-state index contributed by atoms with van der Waals surface area (Å²) >= 11 is 13.6. The number of thiazole rings is 1. The van der Waals surface area contributed by atoms with Crippen LogP contribution in [0.3, 0.4) is 0 Å². The van der Waals surface area contributed by atoms with Crippen molar-refractivity contribution in [3.63, 3.8) is 0 Å². The van der Waals surface area contributed by atoms with Gasteiger partial charge >= 0.3 is 5.97 Å². The lowest BCUT2D eigenvalue weighted by atomic mass is 10.1. The minimum absolute atomic E-state index is 0.181. The maximum atomic E-state index is 11.1. The van der Waals surface area contributed by atoms with Crippen molar-refractivity contribution in [2.24, 2.45) is 0 Å². The summed E-state index contributed by atoms with van der Waals surface area (Å²) < 4.78 is 12.0. The number of carboxylic acids is 1. The highest BCUT2D eigenvalue weighted by Gasteiger charge is 2.08. The number of hydrogen-bond donors (Lipinski definition) is 1. The summed E-state index contributed by atoms with van der Waals surface area (Å²) in [4.78, 5) is 15.4. The number of carbonyl (C=O) groups is 1. The van der Waals surface area contributed by atoms with Crippen LogP contribution in [0.25, 0.3) is 12.2 Å². The van der Waals surface area contributed by atoms with Crippen LogP contribution in [0.5, 0.6) is 11.5 Å². The Labute approximate surface area is 210 Å². The summed E-state index contributed by atoms with van der Waals surface area (Å²) in [5, 5.41) is 10.9. The van der Waals surface area contributed by atoms with Gasteiger partial charge < -0.3 is 14.6 Å². The number of ether oxygens (including phenoxy) is 2. The maximum Gasteiger partial charge on any atom is 0.347 e. The molecule has 0 spiro atoms. The van der Waals surface area contributed by atoms with Gasteiger partial charge in [-0.25, -0.2) is 9.78 Å². The molecule has 1 aromatic heterocycles. The van der Waals surface area contributed by atoms with E-state index in [-0.39, 0.29) is 4.88 Å². The van der Waals surface area contributed by atoms with Crippen molar-refractivity contribution in [3.05, 3.63) is 110 Å². The summed E-state index contributed by atoms with van der Waals surface area (Å²) in [5.41, 5.74) is 2.54. The highest BCUT2D eigenvalue weighted by molar-refractivity contribution is 7.14. The van der Waals surface area contributed by atoms with E-state index in [9.17, 15) is 4.79 Å². The number of carboxylic acid groups (broad SMARTS) is 1. The van der Waals surface area contributed by atoms with Gasteiger partial charge in [-0.1, -0.05) is 65.7 Å². The van der Waals surface area contributed by atoms with Gasteiger partial charge in [0.15, 0.2) is 0 Å². The zero-order valence-corrected chi connectivity index (χ0v) is 20.1. The summed E-state index contributed by atoms with van der Waals surface area (Å²) in [6, 6.07) is 20.5. The third kappa shape index (κ3) is 6.38. The van der Waals surface area contributed by atoms with Crippen molar-refractivity contribution < 1.29 is 19.4 Å². The molecule has 0 saturated carbocycles. The normalized spacial score (nSPS) is 11.0. The summed E-state index contributed by atoms with van der Waals surface area (Å²) in [5.74, 6) is 0.200. The van der Waals surface area contributed by atoms with Crippen LogP contribution in [-0.4, -0.2) is 16.1 Å². The van der Waals surface area contributed by atoms with Gasteiger partial charge in [0.2, 0.25) is 0 Å². The van der Waals surface area contributed by atoms with Crippen molar-refractivity contribution in [3.8, 4) is 11.5 Å². The SMILES string of the molecule is O=C(O)c1cnc(C=Cc2cc(OCc3ccccc3Cl)cc(OCc3ccccc3Cl)c2)s1. The number of hydrogen-bond acceptors (Lipinski definition) is 5. The van der Waals surface area contributed by atoms with Crippen LogP contribution in [0, 0.1) is 0 Å². The Morgan fingerprint density at radius 2 is 1.44 bits per heavy atom. The Morgan fingerprint density at radius 3 is 1.94 bits per heavy atom. The zero-order chi connectivity index (χ0) is 23.9. The van der Waals surface area contributed by atoms with Crippen molar-refractivity contribution in [1.29, 1.82) is 0 Å². The standard InChI is InChI=1S/C26H19Cl2NO4S/c27-22-7-3-1-5-18(22)15-32-20-11-17(9-10-25-29-14-24(34-25)26(30)31)12-21(13-20)33-16-19-6-2-4-8-23(19)28/h1-14H,15-16H2,(H,30,31). The van der Waals surface area contributed by atoms with Crippen molar-refractivity contribution >= 4 is 52.7 Å². The molecule has 0 atom stereocenters. The lowest BCUT2D eigenvalue weighted by Gasteiger charge is -2.12. The number of halogens is 2. The number of aromatic nitrogens is 1. The van der Waals surface area contributed by atoms with E-state index in [4.69, 9.17) is 37.8 Å². The quantitative estimate of drug-likeness (QED) is 0.252. The molecule has 0 radical (unpaired) electrons. The van der Waals surface area contributed by atoms with Gasteiger partial charge in [-0.05, 0) is 35.9 Å². The van der Waals surface area contributed by atoms with Crippen LogP contribution >= 0.6 is 34.5 Å². The fourth-order valence-corrected chi connectivity index (χ4v) is 4.08. The lowest BCUT2D eigenvalue weighted by Crippen LogP contribution is -1.99. The largest absolute Gasteiger partial charge is 0.489 e. The molecule has 1 N–H and O–H groups in total. The van der Waals surface area contributed by atoms with Crippen LogP contribution < -0.4 is 9.47 Å². The van der Waals surface area contributed by atoms with E-state index < -0.39 is 5.97 Å². The molecule has 0 aliphatic heterocycles. The summed E-state index contributed by atoms with van der Waals surface area (Å²) in [7, 11) is 0. The molecule has 0 amide bonds. The fraction of sp³-hybridized carbons (Fsp3) is 0.0769. The zero-order valence-electron chi connectivity index (χ0n) is 17.8. The first-order valence-corrected chi connectivity index (χ1v) is 11.8. The molecule has 4 aromatic rings. The molecule has 34 heavy (non-hydrogen) atoms. The van der Waals surface area contributed by atoms with Gasteiger partial charge in [-0.2, -0.15) is 0 Å². The Bertz CT molecular complexity index is 1270. The Kier molecular flexibility index (Phi) is 7.85. The molecule has 4 rings (SSSR count). The second kappa shape index (κ2) is 11.2. The first-order valence-electron chi connectivity index (χ1n) is 10.2. The average molecular weight is 512 g/mol. The maximum absolute atomic E-state index is 11.1. The highest BCUT2D eigenvalue weighted by atomic mass is 35.5. The second-order valence-corrected chi connectivity index (χ2v) is 9.08. The Morgan fingerprint density at radius 1 is 0.882 bits per heavy atom. The predicted octanol–water partition coefficient (Wildman–Crippen LogP) is 7.48. The first-order chi connectivity index (χ1) is 16.5. The molecule has 0 unspecified atom stereocenters. The molecule has 3 aromatic carbocycles.